The summed E-state index contributed by atoms with van der Waals surface area (Å²) >= 11 is 0. The lowest BCUT2D eigenvalue weighted by Crippen LogP contribution is -2.44. The Morgan fingerprint density at radius 2 is 1.65 bits per heavy atom. The first-order chi connectivity index (χ1) is 9.54. The fraction of sp³-hybridized carbons (Fsp3) is 0.688. The molecule has 4 aliphatic rings. The van der Waals surface area contributed by atoms with Gasteiger partial charge in [0.05, 0.1) is 5.56 Å². The minimum absolute atomic E-state index is 0.0585. The summed E-state index contributed by atoms with van der Waals surface area (Å²) in [4.78, 5) is 0. The third-order valence-corrected chi connectivity index (χ3v) is 5.99. The number of furan rings is 1. The summed E-state index contributed by atoms with van der Waals surface area (Å²) in [5.41, 5.74) is 13.6. The highest BCUT2D eigenvalue weighted by Gasteiger charge is 2.50. The van der Waals surface area contributed by atoms with Crippen LogP contribution in [0.25, 0.3) is 0 Å². The number of nitrogens with two attached hydrogens (primary N) is 2. The maximum Gasteiger partial charge on any atom is 0.201 e. The van der Waals surface area contributed by atoms with Gasteiger partial charge in [-0.2, -0.15) is 0 Å². The largest absolute Gasteiger partial charge is 0.445 e. The van der Waals surface area contributed by atoms with Crippen molar-refractivity contribution in [3.05, 3.63) is 16.9 Å². The Labute approximate surface area is 119 Å². The lowest BCUT2D eigenvalue weighted by molar-refractivity contribution is -0.00327. The molecular weight excluding hydrogens is 250 g/mol. The van der Waals surface area contributed by atoms with Crippen LogP contribution in [-0.2, 0) is 0 Å². The number of hydrogen-bond donors (Lipinski definition) is 3. The number of nitrogen functional groups attached to an aromatic ring is 2. The summed E-state index contributed by atoms with van der Waals surface area (Å²) in [6.07, 6.45) is 6.84. The van der Waals surface area contributed by atoms with Crippen molar-refractivity contribution in [2.45, 2.75) is 44.9 Å². The van der Waals surface area contributed by atoms with E-state index in [0.717, 1.165) is 35.0 Å². The van der Waals surface area contributed by atoms with Gasteiger partial charge in [-0.25, -0.2) is 0 Å². The van der Waals surface area contributed by atoms with Crippen molar-refractivity contribution in [2.75, 3.05) is 5.73 Å². The Bertz CT molecular complexity index is 547. The van der Waals surface area contributed by atoms with E-state index in [1.54, 1.807) is 0 Å². The lowest BCUT2D eigenvalue weighted by Gasteiger charge is -2.54. The zero-order chi connectivity index (χ0) is 14.0. The Hall–Kier alpha value is -1.45. The van der Waals surface area contributed by atoms with Crippen LogP contribution in [0.15, 0.2) is 4.42 Å². The molecule has 0 aromatic carbocycles. The molecule has 4 saturated carbocycles. The van der Waals surface area contributed by atoms with Crippen LogP contribution in [0.5, 0.6) is 0 Å². The van der Waals surface area contributed by atoms with E-state index in [0.29, 0.717) is 17.4 Å². The van der Waals surface area contributed by atoms with E-state index in [-0.39, 0.29) is 5.84 Å². The van der Waals surface area contributed by atoms with Crippen LogP contribution >= 0.6 is 0 Å². The summed E-state index contributed by atoms with van der Waals surface area (Å²) in [6.45, 7) is 1.98. The summed E-state index contributed by atoms with van der Waals surface area (Å²) in [5, 5.41) is 7.84. The van der Waals surface area contributed by atoms with E-state index in [2.05, 4.69) is 0 Å². The number of rotatable bonds is 2. The third-order valence-electron chi connectivity index (χ3n) is 5.99. The standard InChI is InChI=1S/C16H23N3O/c1-7-12(14(15(17)18)16(19)20-7)13-10-3-8-2-9(5-10)6-11(13)4-8/h8-11,13H,2-6,19H2,1H3,(H3,17,18). The molecule has 108 valence electrons. The molecule has 5 N–H and O–H groups in total. The van der Waals surface area contributed by atoms with Crippen LogP contribution in [0.4, 0.5) is 5.88 Å². The molecule has 0 saturated heterocycles. The summed E-state index contributed by atoms with van der Waals surface area (Å²) < 4.78 is 5.62. The van der Waals surface area contributed by atoms with Gasteiger partial charge in [0.15, 0.2) is 0 Å². The van der Waals surface area contributed by atoms with Crippen molar-refractivity contribution in [1.82, 2.24) is 0 Å². The first kappa shape index (κ1) is 12.3. The van der Waals surface area contributed by atoms with Crippen LogP contribution in [0.1, 0.15) is 54.9 Å². The molecule has 1 heterocycles. The van der Waals surface area contributed by atoms with Gasteiger partial charge in [0, 0.05) is 5.56 Å². The van der Waals surface area contributed by atoms with Crippen LogP contribution < -0.4 is 11.5 Å². The number of anilines is 1. The second-order valence-corrected chi connectivity index (χ2v) is 7.18. The van der Waals surface area contributed by atoms with Crippen LogP contribution in [0.2, 0.25) is 0 Å². The van der Waals surface area contributed by atoms with Crippen molar-refractivity contribution in [3.63, 3.8) is 0 Å². The van der Waals surface area contributed by atoms with E-state index < -0.39 is 0 Å². The molecule has 1 aromatic heterocycles. The first-order valence-electron chi connectivity index (χ1n) is 7.77. The predicted molar refractivity (Wildman–Crippen MR) is 78.7 cm³/mol. The number of aryl methyl sites for hydroxylation is 1. The molecule has 20 heavy (non-hydrogen) atoms. The molecule has 0 aliphatic heterocycles. The monoisotopic (exact) mass is 273 g/mol. The molecule has 0 unspecified atom stereocenters. The average molecular weight is 273 g/mol. The van der Waals surface area contributed by atoms with E-state index in [1.807, 2.05) is 6.92 Å². The molecule has 4 fully saturated rings. The van der Waals surface area contributed by atoms with E-state index >= 15 is 0 Å². The highest BCUT2D eigenvalue weighted by molar-refractivity contribution is 6.00. The highest BCUT2D eigenvalue weighted by atomic mass is 16.4. The summed E-state index contributed by atoms with van der Waals surface area (Å²) in [7, 11) is 0. The van der Waals surface area contributed by atoms with Gasteiger partial charge in [-0.15, -0.1) is 0 Å². The Balaban J connectivity index is 1.80. The molecule has 4 heteroatoms. The van der Waals surface area contributed by atoms with Crippen LogP contribution in [0, 0.1) is 36.0 Å². The number of hydrogen-bond acceptors (Lipinski definition) is 3. The Morgan fingerprint density at radius 3 is 2.15 bits per heavy atom. The van der Waals surface area contributed by atoms with Gasteiger partial charge >= 0.3 is 0 Å². The Kier molecular flexibility index (Phi) is 2.48. The maximum atomic E-state index is 7.84. The quantitative estimate of drug-likeness (QED) is 0.571. The topological polar surface area (TPSA) is 89.0 Å². The van der Waals surface area contributed by atoms with Crippen molar-refractivity contribution >= 4 is 11.7 Å². The zero-order valence-corrected chi connectivity index (χ0v) is 12.0. The second kappa shape index (κ2) is 4.03. The minimum atomic E-state index is 0.0585. The highest BCUT2D eigenvalue weighted by Crippen LogP contribution is 2.60. The van der Waals surface area contributed by atoms with E-state index in [9.17, 15) is 0 Å². The number of amidine groups is 1. The summed E-state index contributed by atoms with van der Waals surface area (Å²) in [6, 6.07) is 0. The molecule has 4 nitrogen and oxygen atoms in total. The maximum absolute atomic E-state index is 7.84. The van der Waals surface area contributed by atoms with Gasteiger partial charge in [-0.3, -0.25) is 5.41 Å². The molecule has 0 amide bonds. The SMILES string of the molecule is Cc1oc(N)c(C(=N)N)c1C1C2CC3CC(C2)CC1C3. The normalized spacial score (nSPS) is 38.4. The third kappa shape index (κ3) is 1.57. The smallest absolute Gasteiger partial charge is 0.201 e. The van der Waals surface area contributed by atoms with Gasteiger partial charge in [-0.1, -0.05) is 0 Å². The molecule has 5 rings (SSSR count). The minimum Gasteiger partial charge on any atom is -0.445 e. The van der Waals surface area contributed by atoms with Gasteiger partial charge in [0.2, 0.25) is 5.88 Å². The van der Waals surface area contributed by atoms with Crippen LogP contribution in [0.3, 0.4) is 0 Å². The number of nitrogens with one attached hydrogen (secondary N) is 1. The average Bonchev–Trinajstić information content (AvgIpc) is 2.63. The second-order valence-electron chi connectivity index (χ2n) is 7.18. The van der Waals surface area contributed by atoms with Crippen molar-refractivity contribution < 1.29 is 4.42 Å². The predicted octanol–water partition coefficient (Wildman–Crippen LogP) is 2.99. The van der Waals surface area contributed by atoms with Gasteiger partial charge in [0.25, 0.3) is 0 Å². The Morgan fingerprint density at radius 1 is 1.10 bits per heavy atom. The van der Waals surface area contributed by atoms with E-state index in [4.69, 9.17) is 21.3 Å². The summed E-state index contributed by atoms with van der Waals surface area (Å²) in [5.74, 6) is 5.17. The molecule has 0 atom stereocenters. The van der Waals surface area contributed by atoms with Crippen molar-refractivity contribution in [1.29, 1.82) is 5.41 Å². The van der Waals surface area contributed by atoms with Crippen molar-refractivity contribution in [3.8, 4) is 0 Å². The molecule has 4 aliphatic carbocycles. The zero-order valence-electron chi connectivity index (χ0n) is 12.0. The molecule has 4 bridgehead atoms. The molecule has 0 spiro atoms. The fourth-order valence-electron chi connectivity index (χ4n) is 5.66. The van der Waals surface area contributed by atoms with Crippen LogP contribution in [-0.4, -0.2) is 5.84 Å². The molecular formula is C16H23N3O. The van der Waals surface area contributed by atoms with Gasteiger partial charge < -0.3 is 15.9 Å². The van der Waals surface area contributed by atoms with Gasteiger partial charge in [0.1, 0.15) is 11.6 Å². The van der Waals surface area contributed by atoms with Crippen molar-refractivity contribution in [2.24, 2.45) is 29.4 Å². The van der Waals surface area contributed by atoms with Gasteiger partial charge in [-0.05, 0) is 68.6 Å². The molecule has 0 radical (unpaired) electrons. The lowest BCUT2D eigenvalue weighted by atomic mass is 9.50. The van der Waals surface area contributed by atoms with E-state index in [1.165, 1.54) is 32.1 Å². The first-order valence-corrected chi connectivity index (χ1v) is 7.77. The molecule has 1 aromatic rings. The fourth-order valence-corrected chi connectivity index (χ4v) is 5.66.